The summed E-state index contributed by atoms with van der Waals surface area (Å²) in [4.78, 5) is 13.0. The molecule has 1 fully saturated rings. The van der Waals surface area contributed by atoms with Gasteiger partial charge in [-0.05, 0) is 50.6 Å². The van der Waals surface area contributed by atoms with E-state index < -0.39 is 5.97 Å². The predicted octanol–water partition coefficient (Wildman–Crippen LogP) is 3.24. The Balaban J connectivity index is 2.50. The molecule has 1 aliphatic carbocycles. The van der Waals surface area contributed by atoms with Gasteiger partial charge < -0.3 is 10.0 Å². The highest BCUT2D eigenvalue weighted by atomic mass is 16.4. The molecular weight excluding hydrogens is 226 g/mol. The average Bonchev–Trinajstić information content (AvgIpc) is 2.27. The Bertz CT molecular complexity index is 265. The fourth-order valence-corrected chi connectivity index (χ4v) is 3.30. The molecule has 0 amide bonds. The lowest BCUT2D eigenvalue weighted by Gasteiger charge is -2.42. The van der Waals surface area contributed by atoms with Gasteiger partial charge in [0, 0.05) is 12.5 Å². The number of rotatable bonds is 6. The van der Waals surface area contributed by atoms with Crippen molar-refractivity contribution in [3.8, 4) is 0 Å². The zero-order chi connectivity index (χ0) is 13.7. The van der Waals surface area contributed by atoms with Gasteiger partial charge in [0.25, 0.3) is 0 Å². The van der Waals surface area contributed by atoms with Crippen LogP contribution in [0.3, 0.4) is 0 Å². The Labute approximate surface area is 112 Å². The lowest BCUT2D eigenvalue weighted by molar-refractivity contribution is -0.137. The first-order valence-corrected chi connectivity index (χ1v) is 7.33. The summed E-state index contributed by atoms with van der Waals surface area (Å²) in [5, 5.41) is 8.70. The van der Waals surface area contributed by atoms with Crippen LogP contribution in [0, 0.1) is 17.8 Å². The molecule has 18 heavy (non-hydrogen) atoms. The van der Waals surface area contributed by atoms with Crippen LogP contribution in [0.15, 0.2) is 0 Å². The van der Waals surface area contributed by atoms with Crippen LogP contribution in [-0.4, -0.2) is 35.6 Å². The van der Waals surface area contributed by atoms with Crippen molar-refractivity contribution in [2.24, 2.45) is 17.8 Å². The summed E-state index contributed by atoms with van der Waals surface area (Å²) in [7, 11) is 2.17. The topological polar surface area (TPSA) is 40.5 Å². The first-order valence-electron chi connectivity index (χ1n) is 7.33. The lowest BCUT2D eigenvalue weighted by atomic mass is 9.73. The molecule has 0 heterocycles. The molecule has 0 aliphatic heterocycles. The summed E-state index contributed by atoms with van der Waals surface area (Å²) in [5.74, 6) is 1.63. The minimum Gasteiger partial charge on any atom is -0.481 e. The number of carboxylic acid groups (broad SMARTS) is 1. The Kier molecular flexibility index (Phi) is 6.13. The molecule has 0 spiro atoms. The lowest BCUT2D eigenvalue weighted by Crippen LogP contribution is -2.44. The maximum absolute atomic E-state index is 10.6. The van der Waals surface area contributed by atoms with Crippen molar-refractivity contribution < 1.29 is 9.90 Å². The van der Waals surface area contributed by atoms with Gasteiger partial charge in [0.2, 0.25) is 0 Å². The molecule has 1 rings (SSSR count). The Hall–Kier alpha value is -0.570. The Morgan fingerprint density at radius 1 is 1.39 bits per heavy atom. The molecule has 0 aromatic heterocycles. The van der Waals surface area contributed by atoms with Gasteiger partial charge in [-0.3, -0.25) is 4.79 Å². The third kappa shape index (κ3) is 4.60. The Morgan fingerprint density at radius 3 is 2.61 bits per heavy atom. The minimum absolute atomic E-state index is 0.291. The molecule has 1 saturated carbocycles. The second kappa shape index (κ2) is 7.13. The van der Waals surface area contributed by atoms with Gasteiger partial charge >= 0.3 is 5.97 Å². The first kappa shape index (κ1) is 15.5. The van der Waals surface area contributed by atoms with E-state index in [9.17, 15) is 4.79 Å². The van der Waals surface area contributed by atoms with Gasteiger partial charge in [-0.25, -0.2) is 0 Å². The number of aliphatic carboxylic acids is 1. The van der Waals surface area contributed by atoms with Crippen LogP contribution in [-0.2, 0) is 4.79 Å². The van der Waals surface area contributed by atoms with E-state index in [1.807, 2.05) is 0 Å². The number of hydrogen-bond donors (Lipinski definition) is 1. The van der Waals surface area contributed by atoms with E-state index in [4.69, 9.17) is 5.11 Å². The van der Waals surface area contributed by atoms with Crippen molar-refractivity contribution in [1.29, 1.82) is 0 Å². The standard InChI is InChI=1S/C15H29NO2/c1-11(2)13-8-7-12(3)10-14(13)16(4)9-5-6-15(17)18/h11-14H,5-10H2,1-4H3,(H,17,18). The SMILES string of the molecule is CC1CCC(C(C)C)C(N(C)CCCC(=O)O)C1. The molecule has 106 valence electrons. The smallest absolute Gasteiger partial charge is 0.303 e. The zero-order valence-corrected chi connectivity index (χ0v) is 12.4. The maximum atomic E-state index is 10.6. The van der Waals surface area contributed by atoms with Crippen molar-refractivity contribution >= 4 is 5.97 Å². The number of carboxylic acids is 1. The fraction of sp³-hybridized carbons (Fsp3) is 0.933. The molecule has 1 N–H and O–H groups in total. The molecule has 0 aromatic carbocycles. The summed E-state index contributed by atoms with van der Waals surface area (Å²) in [6, 6.07) is 0.641. The third-order valence-corrected chi connectivity index (χ3v) is 4.45. The molecule has 1 aliphatic rings. The highest BCUT2D eigenvalue weighted by molar-refractivity contribution is 5.66. The molecule has 0 aromatic rings. The first-order chi connectivity index (χ1) is 8.41. The van der Waals surface area contributed by atoms with Gasteiger partial charge in [0.05, 0.1) is 0 Å². The highest BCUT2D eigenvalue weighted by Crippen LogP contribution is 2.35. The summed E-state index contributed by atoms with van der Waals surface area (Å²) >= 11 is 0. The van der Waals surface area contributed by atoms with Crippen molar-refractivity contribution in [3.63, 3.8) is 0 Å². The van der Waals surface area contributed by atoms with Crippen LogP contribution in [0.4, 0.5) is 0 Å². The minimum atomic E-state index is -0.680. The second-order valence-electron chi connectivity index (χ2n) is 6.37. The van der Waals surface area contributed by atoms with E-state index in [1.54, 1.807) is 0 Å². The molecule has 3 heteroatoms. The molecule has 3 nitrogen and oxygen atoms in total. The third-order valence-electron chi connectivity index (χ3n) is 4.45. The van der Waals surface area contributed by atoms with Crippen molar-refractivity contribution in [2.75, 3.05) is 13.6 Å². The van der Waals surface area contributed by atoms with Crippen LogP contribution in [0.1, 0.15) is 52.9 Å². The molecule has 0 radical (unpaired) electrons. The predicted molar refractivity (Wildman–Crippen MR) is 74.6 cm³/mol. The van der Waals surface area contributed by atoms with Crippen LogP contribution in [0.25, 0.3) is 0 Å². The van der Waals surface area contributed by atoms with Gasteiger partial charge in [0.15, 0.2) is 0 Å². The van der Waals surface area contributed by atoms with Gasteiger partial charge in [-0.15, -0.1) is 0 Å². The van der Waals surface area contributed by atoms with E-state index in [0.717, 1.165) is 30.7 Å². The monoisotopic (exact) mass is 255 g/mol. The van der Waals surface area contributed by atoms with Crippen LogP contribution in [0.5, 0.6) is 0 Å². The van der Waals surface area contributed by atoms with Gasteiger partial charge in [-0.2, -0.15) is 0 Å². The molecule has 0 saturated heterocycles. The largest absolute Gasteiger partial charge is 0.481 e. The maximum Gasteiger partial charge on any atom is 0.303 e. The van der Waals surface area contributed by atoms with E-state index >= 15 is 0 Å². The van der Waals surface area contributed by atoms with Crippen molar-refractivity contribution in [3.05, 3.63) is 0 Å². The second-order valence-corrected chi connectivity index (χ2v) is 6.37. The van der Waals surface area contributed by atoms with Crippen LogP contribution in [0.2, 0.25) is 0 Å². The van der Waals surface area contributed by atoms with Crippen LogP contribution >= 0.6 is 0 Å². The average molecular weight is 255 g/mol. The molecule has 3 atom stereocenters. The van der Waals surface area contributed by atoms with Gasteiger partial charge in [-0.1, -0.05) is 27.2 Å². The van der Waals surface area contributed by atoms with E-state index in [-0.39, 0.29) is 0 Å². The molecule has 0 bridgehead atoms. The van der Waals surface area contributed by atoms with E-state index in [0.29, 0.717) is 12.5 Å². The molecule has 3 unspecified atom stereocenters. The van der Waals surface area contributed by atoms with Gasteiger partial charge in [0.1, 0.15) is 0 Å². The van der Waals surface area contributed by atoms with E-state index in [1.165, 1.54) is 19.3 Å². The summed E-state index contributed by atoms with van der Waals surface area (Å²) in [5.41, 5.74) is 0. The zero-order valence-electron chi connectivity index (χ0n) is 12.4. The van der Waals surface area contributed by atoms with E-state index in [2.05, 4.69) is 32.7 Å². The quantitative estimate of drug-likeness (QED) is 0.792. The number of nitrogens with zero attached hydrogens (tertiary/aromatic N) is 1. The molecular formula is C15H29NO2. The van der Waals surface area contributed by atoms with Crippen molar-refractivity contribution in [1.82, 2.24) is 4.90 Å². The normalized spacial score (nSPS) is 28.9. The number of hydrogen-bond acceptors (Lipinski definition) is 2. The summed E-state index contributed by atoms with van der Waals surface area (Å²) in [6.45, 7) is 7.89. The van der Waals surface area contributed by atoms with Crippen LogP contribution < -0.4 is 0 Å². The fourth-order valence-electron chi connectivity index (χ4n) is 3.30. The number of carbonyl (C=O) groups is 1. The van der Waals surface area contributed by atoms with Crippen molar-refractivity contribution in [2.45, 2.75) is 58.9 Å². The highest BCUT2D eigenvalue weighted by Gasteiger charge is 2.32. The summed E-state index contributed by atoms with van der Waals surface area (Å²) in [6.07, 6.45) is 5.00. The summed E-state index contributed by atoms with van der Waals surface area (Å²) < 4.78 is 0. The Morgan fingerprint density at radius 2 is 2.06 bits per heavy atom.